The van der Waals surface area contributed by atoms with Gasteiger partial charge in [0, 0.05) is 9.86 Å². The first-order valence-corrected chi connectivity index (χ1v) is 5.26. The molecule has 82 valence electrons. The highest BCUT2D eigenvalue weighted by Crippen LogP contribution is 2.36. The van der Waals surface area contributed by atoms with Crippen molar-refractivity contribution in [2.75, 3.05) is 0 Å². The van der Waals surface area contributed by atoms with Gasteiger partial charge < -0.3 is 0 Å². The number of fused-ring (bicyclic) bond motifs is 1. The second kappa shape index (κ2) is 3.95. The topological polar surface area (TPSA) is 56.0 Å². The van der Waals surface area contributed by atoms with Crippen molar-refractivity contribution < 1.29 is 9.31 Å². The lowest BCUT2D eigenvalue weighted by Crippen LogP contribution is -1.94. The number of hydrogen-bond donors (Lipinski definition) is 0. The summed E-state index contributed by atoms with van der Waals surface area (Å²) >= 11 is 8.99. The Bertz CT molecular complexity index is 606. The SMILES string of the molecule is O=[N+]([O-])c1cnc2c(F)ccc(Br)c2c1Cl. The van der Waals surface area contributed by atoms with E-state index in [0.717, 1.165) is 6.20 Å². The molecule has 0 saturated carbocycles. The van der Waals surface area contributed by atoms with Gasteiger partial charge in [0.05, 0.1) is 4.92 Å². The first-order chi connectivity index (χ1) is 7.52. The van der Waals surface area contributed by atoms with Gasteiger partial charge >= 0.3 is 5.69 Å². The summed E-state index contributed by atoms with van der Waals surface area (Å²) in [5, 5.41) is 10.7. The molecule has 0 amide bonds. The predicted molar refractivity (Wildman–Crippen MR) is 61.1 cm³/mol. The lowest BCUT2D eigenvalue weighted by atomic mass is 10.2. The van der Waals surface area contributed by atoms with Gasteiger partial charge in [-0.2, -0.15) is 0 Å². The fourth-order valence-electron chi connectivity index (χ4n) is 1.31. The molecule has 2 rings (SSSR count). The van der Waals surface area contributed by atoms with Crippen LogP contribution in [0.2, 0.25) is 5.02 Å². The molecule has 0 unspecified atom stereocenters. The number of halogens is 3. The fourth-order valence-corrected chi connectivity index (χ4v) is 2.26. The number of aromatic nitrogens is 1. The van der Waals surface area contributed by atoms with Crippen LogP contribution in [0.1, 0.15) is 0 Å². The number of rotatable bonds is 1. The Morgan fingerprint density at radius 3 is 2.81 bits per heavy atom. The molecule has 0 spiro atoms. The molecule has 2 aromatic rings. The Labute approximate surface area is 102 Å². The number of pyridine rings is 1. The van der Waals surface area contributed by atoms with Crippen LogP contribution >= 0.6 is 27.5 Å². The highest BCUT2D eigenvalue weighted by Gasteiger charge is 2.19. The predicted octanol–water partition coefficient (Wildman–Crippen LogP) is 3.70. The lowest BCUT2D eigenvalue weighted by molar-refractivity contribution is -0.384. The smallest absolute Gasteiger partial charge is 0.258 e. The summed E-state index contributed by atoms with van der Waals surface area (Å²) in [6, 6.07) is 2.64. The van der Waals surface area contributed by atoms with E-state index in [9.17, 15) is 14.5 Å². The number of nitrogens with zero attached hydrogens (tertiary/aromatic N) is 2. The van der Waals surface area contributed by atoms with Crippen LogP contribution in [0.15, 0.2) is 22.8 Å². The van der Waals surface area contributed by atoms with Crippen LogP contribution in [0, 0.1) is 15.9 Å². The van der Waals surface area contributed by atoms with Crippen LogP contribution in [0.25, 0.3) is 10.9 Å². The Balaban J connectivity index is 2.94. The zero-order valence-electron chi connectivity index (χ0n) is 7.58. The molecular weight excluding hydrogens is 302 g/mol. The molecule has 1 aromatic heterocycles. The number of hydrogen-bond acceptors (Lipinski definition) is 3. The Kier molecular flexibility index (Phi) is 2.77. The van der Waals surface area contributed by atoms with E-state index in [1.807, 2.05) is 0 Å². The van der Waals surface area contributed by atoms with E-state index in [1.54, 1.807) is 0 Å². The molecule has 0 aliphatic carbocycles. The highest BCUT2D eigenvalue weighted by atomic mass is 79.9. The average molecular weight is 305 g/mol. The molecule has 0 N–H and O–H groups in total. The average Bonchev–Trinajstić information content (AvgIpc) is 2.23. The summed E-state index contributed by atoms with van der Waals surface area (Å²) in [6.45, 7) is 0. The standard InChI is InChI=1S/C9H3BrClFN2O2/c10-4-1-2-5(12)9-7(4)8(11)6(3-13-9)14(15)16/h1-3H. The normalized spacial score (nSPS) is 10.7. The highest BCUT2D eigenvalue weighted by molar-refractivity contribution is 9.10. The van der Waals surface area contributed by atoms with Crippen molar-refractivity contribution in [1.82, 2.24) is 4.98 Å². The third-order valence-corrected chi connectivity index (χ3v) is 3.08. The molecule has 0 aliphatic heterocycles. The van der Waals surface area contributed by atoms with Gasteiger partial charge in [0.2, 0.25) is 0 Å². The lowest BCUT2D eigenvalue weighted by Gasteiger charge is -2.03. The van der Waals surface area contributed by atoms with Crippen molar-refractivity contribution in [2.45, 2.75) is 0 Å². The van der Waals surface area contributed by atoms with E-state index in [0.29, 0.717) is 4.47 Å². The number of nitro groups is 1. The third kappa shape index (κ3) is 1.64. The maximum Gasteiger partial charge on any atom is 0.306 e. The monoisotopic (exact) mass is 304 g/mol. The maximum absolute atomic E-state index is 13.4. The Hall–Kier alpha value is -1.27. The summed E-state index contributed by atoms with van der Waals surface area (Å²) < 4.78 is 13.8. The van der Waals surface area contributed by atoms with Crippen LogP contribution < -0.4 is 0 Å². The first-order valence-electron chi connectivity index (χ1n) is 4.09. The molecule has 0 aliphatic rings. The van der Waals surface area contributed by atoms with Gasteiger partial charge in [0.1, 0.15) is 22.6 Å². The largest absolute Gasteiger partial charge is 0.306 e. The van der Waals surface area contributed by atoms with Crippen molar-refractivity contribution in [3.8, 4) is 0 Å². The zero-order chi connectivity index (χ0) is 11.9. The summed E-state index contributed by atoms with van der Waals surface area (Å²) in [5.74, 6) is -0.574. The summed E-state index contributed by atoms with van der Waals surface area (Å²) in [7, 11) is 0. The van der Waals surface area contributed by atoms with Gasteiger partial charge in [-0.05, 0) is 12.1 Å². The molecule has 1 aromatic carbocycles. The van der Waals surface area contributed by atoms with E-state index in [1.165, 1.54) is 12.1 Å². The van der Waals surface area contributed by atoms with Gasteiger partial charge in [0.25, 0.3) is 0 Å². The van der Waals surface area contributed by atoms with Crippen LogP contribution in [0.3, 0.4) is 0 Å². The zero-order valence-corrected chi connectivity index (χ0v) is 9.92. The van der Waals surface area contributed by atoms with E-state index in [2.05, 4.69) is 20.9 Å². The van der Waals surface area contributed by atoms with E-state index >= 15 is 0 Å². The summed E-state index contributed by atoms with van der Waals surface area (Å²) in [6.07, 6.45) is 0.945. The van der Waals surface area contributed by atoms with Crippen molar-refractivity contribution in [2.24, 2.45) is 0 Å². The quantitative estimate of drug-likeness (QED) is 0.596. The van der Waals surface area contributed by atoms with E-state index in [-0.39, 0.29) is 21.6 Å². The van der Waals surface area contributed by atoms with Crippen molar-refractivity contribution in [1.29, 1.82) is 0 Å². The van der Waals surface area contributed by atoms with Crippen LogP contribution in [-0.2, 0) is 0 Å². The second-order valence-electron chi connectivity index (χ2n) is 2.97. The molecule has 0 radical (unpaired) electrons. The Morgan fingerprint density at radius 1 is 1.50 bits per heavy atom. The van der Waals surface area contributed by atoms with Crippen molar-refractivity contribution >= 4 is 44.1 Å². The van der Waals surface area contributed by atoms with Crippen LogP contribution in [0.4, 0.5) is 10.1 Å². The molecule has 0 fully saturated rings. The molecule has 1 heterocycles. The van der Waals surface area contributed by atoms with Gasteiger partial charge in [0.15, 0.2) is 0 Å². The van der Waals surface area contributed by atoms with Crippen molar-refractivity contribution in [3.05, 3.63) is 43.8 Å². The van der Waals surface area contributed by atoms with E-state index < -0.39 is 10.7 Å². The minimum atomic E-state index is -0.661. The van der Waals surface area contributed by atoms with Crippen molar-refractivity contribution in [3.63, 3.8) is 0 Å². The molecular formula is C9H3BrClFN2O2. The molecule has 16 heavy (non-hydrogen) atoms. The molecule has 4 nitrogen and oxygen atoms in total. The minimum Gasteiger partial charge on any atom is -0.258 e. The third-order valence-electron chi connectivity index (χ3n) is 2.03. The van der Waals surface area contributed by atoms with Crippen LogP contribution in [0.5, 0.6) is 0 Å². The summed E-state index contributed by atoms with van der Waals surface area (Å²) in [5.41, 5.74) is -0.342. The van der Waals surface area contributed by atoms with Gasteiger partial charge in [-0.25, -0.2) is 9.37 Å². The Morgan fingerprint density at radius 2 is 2.19 bits per heavy atom. The van der Waals surface area contributed by atoms with E-state index in [4.69, 9.17) is 11.6 Å². The minimum absolute atomic E-state index is 0.00461. The number of benzene rings is 1. The van der Waals surface area contributed by atoms with Gasteiger partial charge in [-0.3, -0.25) is 10.1 Å². The molecule has 0 bridgehead atoms. The van der Waals surface area contributed by atoms with Gasteiger partial charge in [-0.15, -0.1) is 0 Å². The molecule has 0 atom stereocenters. The van der Waals surface area contributed by atoms with Crippen LogP contribution in [-0.4, -0.2) is 9.91 Å². The maximum atomic E-state index is 13.4. The summed E-state index contributed by atoms with van der Waals surface area (Å²) in [4.78, 5) is 13.7. The molecule has 0 saturated heterocycles. The fraction of sp³-hybridized carbons (Fsp3) is 0. The molecule has 7 heteroatoms. The first kappa shape index (κ1) is 11.2. The van der Waals surface area contributed by atoms with Gasteiger partial charge in [-0.1, -0.05) is 27.5 Å². The second-order valence-corrected chi connectivity index (χ2v) is 4.20.